The van der Waals surface area contributed by atoms with Crippen molar-refractivity contribution in [1.82, 2.24) is 45.3 Å². The van der Waals surface area contributed by atoms with Gasteiger partial charge in [0.2, 0.25) is 53.2 Å². The number of hydrogen-bond donors (Lipinski definition) is 4. The zero-order valence-corrected chi connectivity index (χ0v) is 57.5. The van der Waals surface area contributed by atoms with Crippen molar-refractivity contribution < 1.29 is 62.6 Å². The highest BCUT2D eigenvalue weighted by Crippen LogP contribution is 2.30. The van der Waals surface area contributed by atoms with Crippen LogP contribution < -0.4 is 16.0 Å². The maximum atomic E-state index is 15.0. The Balaban J connectivity index is 1.60. The molecule has 0 bridgehead atoms. The molecule has 2 aromatic rings. The third-order valence-electron chi connectivity index (χ3n) is 18.8. The number of fused-ring (bicyclic) bond motifs is 1. The first-order valence-electron chi connectivity index (χ1n) is 33.8. The highest BCUT2D eigenvalue weighted by molar-refractivity contribution is 6.00. The minimum Gasteiger partial charge on any atom is -0.393 e. The molecule has 514 valence electrons. The van der Waals surface area contributed by atoms with E-state index in [1.165, 1.54) is 54.7 Å². The van der Waals surface area contributed by atoms with Crippen molar-refractivity contribution in [1.29, 1.82) is 0 Å². The summed E-state index contributed by atoms with van der Waals surface area (Å²) in [5.41, 5.74) is 1.40. The molecule has 0 saturated carbocycles. The molecule has 9 amide bonds. The summed E-state index contributed by atoms with van der Waals surface area (Å²) < 4.78 is 0. The Bertz CT molecular complexity index is 2900. The summed E-state index contributed by atoms with van der Waals surface area (Å²) in [5.74, 6) is -11.3. The van der Waals surface area contributed by atoms with Crippen LogP contribution in [0.3, 0.4) is 0 Å². The molecule has 0 aliphatic carbocycles. The van der Waals surface area contributed by atoms with E-state index in [2.05, 4.69) is 16.0 Å². The van der Waals surface area contributed by atoms with E-state index in [0.717, 1.165) is 11.3 Å². The monoisotopic (exact) mass is 1290 g/mol. The van der Waals surface area contributed by atoms with Crippen LogP contribution in [0.25, 0.3) is 0 Å². The fourth-order valence-corrected chi connectivity index (χ4v) is 13.1. The zero-order chi connectivity index (χ0) is 69.0. The molecule has 0 spiro atoms. The highest BCUT2D eigenvalue weighted by Gasteiger charge is 2.44. The Morgan fingerprint density at radius 3 is 1.69 bits per heavy atom. The number of amides is 9. The second-order valence-electron chi connectivity index (χ2n) is 27.7. The second kappa shape index (κ2) is 36.3. The normalized spacial score (nSPS) is 26.1. The number of likely N-dealkylation sites (N-methyl/N-ethyl adjacent to an activating group) is 4. The lowest BCUT2D eigenvalue weighted by Crippen LogP contribution is -2.57. The number of Topliss-reactive ketones (excluding diaryl/α,β-unsaturated/α-hetero) is 3. The lowest BCUT2D eigenvalue weighted by atomic mass is 9.87. The van der Waals surface area contributed by atoms with Crippen LogP contribution in [0.15, 0.2) is 60.7 Å². The molecule has 3 aliphatic rings. The molecule has 3 aliphatic heterocycles. The largest absolute Gasteiger partial charge is 0.393 e. The predicted octanol–water partition coefficient (Wildman–Crippen LogP) is 5.20. The quantitative estimate of drug-likeness (QED) is 0.190. The van der Waals surface area contributed by atoms with E-state index in [9.17, 15) is 62.6 Å². The van der Waals surface area contributed by atoms with Gasteiger partial charge in [0, 0.05) is 78.9 Å². The van der Waals surface area contributed by atoms with Crippen LogP contribution in [0, 0.1) is 41.4 Å². The summed E-state index contributed by atoms with van der Waals surface area (Å²) in [5, 5.41) is 19.9. The molecule has 0 unspecified atom stereocenters. The van der Waals surface area contributed by atoms with Gasteiger partial charge in [-0.05, 0) is 106 Å². The van der Waals surface area contributed by atoms with Crippen LogP contribution in [-0.4, -0.2) is 208 Å². The summed E-state index contributed by atoms with van der Waals surface area (Å²) in [6.45, 7) is 16.1. The standard InChI is InChI=1S/C71H107N9O13/c1-14-47(8)65-71(93)77(12)57(34-45(4)5)61(84)40-53(48(9)81)69(91)80-32-24-29-56(80)60(83)39-52(36-49-25-18-15-19-26-49)67(89)74-55(70(92)79-30-22-17-23-31-79)41-62(85)75(10)43-64(87)76(11)58(35-46(6)7)68(90)73-54(37-50-27-20-16-21-28-50)59(82)38-51(33-44(2)3)66(88)72-42-63(86)78(65)13/h15-16,18-21,25-28,44-48,51-58,65,81H,14,17,22-24,29-43H2,1-13H3,(H,72,88)(H,73,90)(H,74,89)/t47-,48+,51+,52+,53-,54-,55-,56-,57-,58-,65-/m0/s1. The van der Waals surface area contributed by atoms with Gasteiger partial charge in [-0.15, -0.1) is 0 Å². The molecule has 0 radical (unpaired) electrons. The Hall–Kier alpha value is -7.36. The molecule has 2 aromatic carbocycles. The molecule has 11 atom stereocenters. The molecular formula is C71H107N9O13. The number of nitrogens with one attached hydrogen (secondary N) is 3. The molecule has 22 heteroatoms. The third kappa shape index (κ3) is 22.1. The molecule has 22 nitrogen and oxygen atoms in total. The van der Waals surface area contributed by atoms with E-state index in [1.807, 2.05) is 54.5 Å². The summed E-state index contributed by atoms with van der Waals surface area (Å²) >= 11 is 0. The lowest BCUT2D eigenvalue weighted by molar-refractivity contribution is -0.151. The Labute approximate surface area is 551 Å². The topological polar surface area (TPSA) is 281 Å². The van der Waals surface area contributed by atoms with Crippen LogP contribution in [0.1, 0.15) is 157 Å². The molecule has 93 heavy (non-hydrogen) atoms. The van der Waals surface area contributed by atoms with Gasteiger partial charge in [0.25, 0.3) is 0 Å². The average Bonchev–Trinajstić information content (AvgIpc) is 2.29. The number of nitrogens with zero attached hydrogens (tertiary/aromatic N) is 6. The van der Waals surface area contributed by atoms with E-state index in [0.29, 0.717) is 49.9 Å². The van der Waals surface area contributed by atoms with Gasteiger partial charge in [-0.25, -0.2) is 0 Å². The molecule has 4 N–H and O–H groups in total. The van der Waals surface area contributed by atoms with Crippen LogP contribution in [0.2, 0.25) is 0 Å². The molecular weight excluding hydrogens is 1190 g/mol. The van der Waals surface area contributed by atoms with Crippen molar-refractivity contribution in [3.8, 4) is 0 Å². The van der Waals surface area contributed by atoms with Crippen LogP contribution in [0.4, 0.5) is 0 Å². The fourth-order valence-electron chi connectivity index (χ4n) is 13.1. The van der Waals surface area contributed by atoms with Gasteiger partial charge < -0.3 is 50.5 Å². The van der Waals surface area contributed by atoms with Crippen LogP contribution in [-0.2, 0) is 70.4 Å². The minimum atomic E-state index is -1.42. The van der Waals surface area contributed by atoms with Crippen molar-refractivity contribution in [2.24, 2.45) is 41.4 Å². The van der Waals surface area contributed by atoms with Crippen molar-refractivity contribution in [3.05, 3.63) is 71.8 Å². The maximum Gasteiger partial charge on any atom is 0.245 e. The molecule has 5 rings (SSSR count). The Kier molecular flexibility index (Phi) is 29.8. The number of benzene rings is 2. The number of carbonyl (C=O) groups is 12. The van der Waals surface area contributed by atoms with Crippen LogP contribution >= 0.6 is 0 Å². The van der Waals surface area contributed by atoms with E-state index in [4.69, 9.17) is 0 Å². The summed E-state index contributed by atoms with van der Waals surface area (Å²) in [6, 6.07) is 10.9. The predicted molar refractivity (Wildman–Crippen MR) is 353 cm³/mol. The van der Waals surface area contributed by atoms with E-state index in [1.54, 1.807) is 66.4 Å². The summed E-state index contributed by atoms with van der Waals surface area (Å²) in [7, 11) is 5.74. The van der Waals surface area contributed by atoms with Gasteiger partial charge in [0.05, 0.1) is 49.7 Å². The number of rotatable bonds is 14. The molecule has 0 aromatic heterocycles. The van der Waals surface area contributed by atoms with Crippen molar-refractivity contribution in [3.63, 3.8) is 0 Å². The van der Waals surface area contributed by atoms with Crippen molar-refractivity contribution in [2.45, 2.75) is 201 Å². The summed E-state index contributed by atoms with van der Waals surface area (Å²) in [6.07, 6.45) is 0.783. The van der Waals surface area contributed by atoms with Gasteiger partial charge in [-0.2, -0.15) is 0 Å². The number of piperidine rings is 1. The Morgan fingerprint density at radius 2 is 1.12 bits per heavy atom. The third-order valence-corrected chi connectivity index (χ3v) is 18.8. The first-order valence-corrected chi connectivity index (χ1v) is 33.8. The number of ketones is 3. The van der Waals surface area contributed by atoms with E-state index < -0.39 is 162 Å². The minimum absolute atomic E-state index is 0.0344. The second-order valence-corrected chi connectivity index (χ2v) is 27.7. The maximum absolute atomic E-state index is 15.0. The first kappa shape index (κ1) is 76.4. The van der Waals surface area contributed by atoms with Gasteiger partial charge in [-0.3, -0.25) is 57.5 Å². The average molecular weight is 1290 g/mol. The van der Waals surface area contributed by atoms with Crippen molar-refractivity contribution in [2.75, 3.05) is 60.9 Å². The Morgan fingerprint density at radius 1 is 0.548 bits per heavy atom. The number of aliphatic hydroxyl groups is 1. The number of hydrogen-bond acceptors (Lipinski definition) is 13. The van der Waals surface area contributed by atoms with Crippen LogP contribution in [0.5, 0.6) is 0 Å². The smallest absolute Gasteiger partial charge is 0.245 e. The number of likely N-dealkylation sites (tertiary alicyclic amines) is 1. The van der Waals surface area contributed by atoms with Gasteiger partial charge >= 0.3 is 0 Å². The fraction of sp³-hybridized carbons (Fsp3) is 0.662. The van der Waals surface area contributed by atoms with Gasteiger partial charge in [0.15, 0.2) is 17.3 Å². The zero-order valence-electron chi connectivity index (χ0n) is 57.5. The SMILES string of the molecule is CC[C@H](C)[C@H]1C(=O)N(C)[C@@H](CC(C)C)C(=O)C[C@@H]([C@@H](C)O)C(=O)N2CCC[C@H]2C(=O)C[C@@H](Cc2ccccc2)C(=O)N[C@H](C(=O)N2CCCCC2)CC(=O)N(C)CC(=O)N(C)[C@@H](CC(C)C)C(=O)N[C@@H](Cc2ccccc2)C(=O)C[C@@H](CC(C)C)C(=O)NCC(=O)N1C. The molecule has 3 fully saturated rings. The molecule has 3 heterocycles. The highest BCUT2D eigenvalue weighted by atomic mass is 16.3. The molecule has 3 saturated heterocycles. The van der Waals surface area contributed by atoms with Gasteiger partial charge in [0.1, 0.15) is 18.1 Å². The first-order chi connectivity index (χ1) is 43.9. The van der Waals surface area contributed by atoms with E-state index >= 15 is 0 Å². The summed E-state index contributed by atoms with van der Waals surface area (Å²) in [4.78, 5) is 184. The van der Waals surface area contributed by atoms with E-state index in [-0.39, 0.29) is 75.7 Å². The lowest BCUT2D eigenvalue weighted by Gasteiger charge is -2.38. The number of aliphatic hydroxyl groups excluding tert-OH is 1. The van der Waals surface area contributed by atoms with Crippen molar-refractivity contribution >= 4 is 70.5 Å². The number of carbonyl (C=O) groups excluding carboxylic acids is 12. The van der Waals surface area contributed by atoms with Gasteiger partial charge in [-0.1, -0.05) is 122 Å².